The van der Waals surface area contributed by atoms with E-state index >= 15 is 0 Å². The van der Waals surface area contributed by atoms with Gasteiger partial charge in [0.25, 0.3) is 0 Å². The molecule has 0 saturated heterocycles. The molecular weight excluding hydrogens is 162 g/mol. The number of nitrogens with one attached hydrogen (secondary N) is 1. The van der Waals surface area contributed by atoms with E-state index in [0.717, 1.165) is 6.54 Å². The molecule has 0 aromatic rings. The van der Waals surface area contributed by atoms with Crippen LogP contribution in [-0.2, 0) is 0 Å². The summed E-state index contributed by atoms with van der Waals surface area (Å²) in [5.74, 6) is 0. The van der Waals surface area contributed by atoms with Crippen molar-refractivity contribution in [2.75, 3.05) is 13.6 Å². The maximum atomic E-state index is 3.92. The summed E-state index contributed by atoms with van der Waals surface area (Å²) in [5.41, 5.74) is 0.291. The average molecular weight is 185 g/mol. The van der Waals surface area contributed by atoms with Gasteiger partial charge in [-0.3, -0.25) is 0 Å². The van der Waals surface area contributed by atoms with Crippen molar-refractivity contribution in [1.82, 2.24) is 5.32 Å². The summed E-state index contributed by atoms with van der Waals surface area (Å²) in [7, 11) is 1.04. The van der Waals surface area contributed by atoms with Gasteiger partial charge in [-0.05, 0) is 18.5 Å². The van der Waals surface area contributed by atoms with Crippen LogP contribution in [0.1, 0.15) is 6.92 Å². The number of rotatable bonds is 5. The van der Waals surface area contributed by atoms with Crippen molar-refractivity contribution in [2.24, 2.45) is 5.41 Å². The molecule has 1 unspecified atom stereocenters. The first-order chi connectivity index (χ1) is 5.33. The molecule has 0 aromatic heterocycles. The van der Waals surface area contributed by atoms with Gasteiger partial charge in [-0.1, -0.05) is 32.6 Å². The van der Waals surface area contributed by atoms with E-state index in [1.807, 2.05) is 7.05 Å². The van der Waals surface area contributed by atoms with E-state index < -0.39 is 8.07 Å². The largest absolute Gasteiger partial charge is 0.319 e. The zero-order valence-corrected chi connectivity index (χ0v) is 10.2. The second kappa shape index (κ2) is 4.24. The van der Waals surface area contributed by atoms with Crippen LogP contribution in [0.4, 0.5) is 0 Å². The highest BCUT2D eigenvalue weighted by Gasteiger charge is 2.27. The van der Waals surface area contributed by atoms with Gasteiger partial charge in [0, 0.05) is 14.6 Å². The second-order valence-electron chi connectivity index (χ2n) is 5.13. The van der Waals surface area contributed by atoms with E-state index in [1.165, 1.54) is 6.04 Å². The van der Waals surface area contributed by atoms with Crippen molar-refractivity contribution < 1.29 is 0 Å². The quantitative estimate of drug-likeness (QED) is 0.513. The molecule has 0 aliphatic heterocycles. The summed E-state index contributed by atoms with van der Waals surface area (Å²) in [6, 6.07) is 1.31. The Hall–Kier alpha value is -0.0831. The summed E-state index contributed by atoms with van der Waals surface area (Å²) in [4.78, 5) is 0. The SMILES string of the molecule is C=CC(C)(CNC)C[Si](C)(C)C. The fraction of sp³-hybridized carbons (Fsp3) is 0.800. The molecule has 0 aliphatic rings. The van der Waals surface area contributed by atoms with Gasteiger partial charge in [-0.25, -0.2) is 0 Å². The summed E-state index contributed by atoms with van der Waals surface area (Å²) < 4.78 is 0. The predicted molar refractivity (Wildman–Crippen MR) is 60.4 cm³/mol. The normalized spacial score (nSPS) is 17.1. The Morgan fingerprint density at radius 1 is 1.42 bits per heavy atom. The lowest BCUT2D eigenvalue weighted by atomic mass is 9.94. The van der Waals surface area contributed by atoms with E-state index in [2.05, 4.69) is 44.5 Å². The maximum Gasteiger partial charge on any atom is 0.0451 e. The van der Waals surface area contributed by atoms with Crippen molar-refractivity contribution in [3.8, 4) is 0 Å². The zero-order valence-electron chi connectivity index (χ0n) is 9.20. The van der Waals surface area contributed by atoms with E-state index in [0.29, 0.717) is 5.41 Å². The maximum absolute atomic E-state index is 3.92. The first kappa shape index (κ1) is 11.9. The Balaban J connectivity index is 4.23. The molecule has 0 amide bonds. The molecule has 1 nitrogen and oxygen atoms in total. The highest BCUT2D eigenvalue weighted by atomic mass is 28.3. The molecule has 1 N–H and O–H groups in total. The minimum Gasteiger partial charge on any atom is -0.319 e. The summed E-state index contributed by atoms with van der Waals surface area (Å²) in [5, 5.41) is 3.23. The minimum atomic E-state index is -0.962. The molecule has 0 aromatic carbocycles. The molecule has 0 aliphatic carbocycles. The van der Waals surface area contributed by atoms with E-state index in [-0.39, 0.29) is 0 Å². The zero-order chi connectivity index (χ0) is 9.83. The average Bonchev–Trinajstić information content (AvgIpc) is 1.84. The highest BCUT2D eigenvalue weighted by molar-refractivity contribution is 6.76. The molecule has 2 heteroatoms. The standard InChI is InChI=1S/C10H23NSi/c1-7-10(2,8-11-3)9-12(4,5)6/h7,11H,1,8-9H2,2-6H3. The molecule has 72 valence electrons. The van der Waals surface area contributed by atoms with E-state index in [9.17, 15) is 0 Å². The Bertz CT molecular complexity index is 148. The van der Waals surface area contributed by atoms with Gasteiger partial charge in [0.15, 0.2) is 0 Å². The molecule has 1 atom stereocenters. The van der Waals surface area contributed by atoms with Crippen molar-refractivity contribution >= 4 is 8.07 Å². The summed E-state index contributed by atoms with van der Waals surface area (Å²) in [6.45, 7) is 14.5. The van der Waals surface area contributed by atoms with Crippen molar-refractivity contribution in [3.05, 3.63) is 12.7 Å². The first-order valence-corrected chi connectivity index (χ1v) is 8.32. The van der Waals surface area contributed by atoms with Gasteiger partial charge in [-0.2, -0.15) is 0 Å². The molecular formula is C10H23NSi. The molecule has 0 saturated carbocycles. The van der Waals surface area contributed by atoms with Gasteiger partial charge in [-0.15, -0.1) is 6.58 Å². The van der Waals surface area contributed by atoms with Gasteiger partial charge in [0.05, 0.1) is 0 Å². The lowest BCUT2D eigenvalue weighted by Gasteiger charge is -2.31. The molecule has 12 heavy (non-hydrogen) atoms. The fourth-order valence-electron chi connectivity index (χ4n) is 1.82. The number of hydrogen-bond acceptors (Lipinski definition) is 1. The molecule has 0 spiro atoms. The number of hydrogen-bond donors (Lipinski definition) is 1. The molecule has 0 rings (SSSR count). The van der Waals surface area contributed by atoms with Crippen LogP contribution < -0.4 is 5.32 Å². The second-order valence-corrected chi connectivity index (χ2v) is 10.6. The summed E-state index contributed by atoms with van der Waals surface area (Å²) >= 11 is 0. The lowest BCUT2D eigenvalue weighted by Crippen LogP contribution is -2.35. The van der Waals surface area contributed by atoms with Crippen molar-refractivity contribution in [3.63, 3.8) is 0 Å². The van der Waals surface area contributed by atoms with Crippen molar-refractivity contribution in [1.29, 1.82) is 0 Å². The fourth-order valence-corrected chi connectivity index (χ4v) is 4.51. The van der Waals surface area contributed by atoms with Crippen LogP contribution in [0.5, 0.6) is 0 Å². The highest BCUT2D eigenvalue weighted by Crippen LogP contribution is 2.29. The smallest absolute Gasteiger partial charge is 0.0451 e. The van der Waals surface area contributed by atoms with Gasteiger partial charge >= 0.3 is 0 Å². The van der Waals surface area contributed by atoms with E-state index in [4.69, 9.17) is 0 Å². The lowest BCUT2D eigenvalue weighted by molar-refractivity contribution is 0.449. The Morgan fingerprint density at radius 3 is 2.17 bits per heavy atom. The van der Waals surface area contributed by atoms with Crippen LogP contribution in [0.3, 0.4) is 0 Å². The molecule has 0 bridgehead atoms. The Kier molecular flexibility index (Phi) is 4.21. The predicted octanol–water partition coefficient (Wildman–Crippen LogP) is 2.74. The van der Waals surface area contributed by atoms with Crippen LogP contribution in [0.15, 0.2) is 12.7 Å². The van der Waals surface area contributed by atoms with Gasteiger partial charge in [0.1, 0.15) is 0 Å². The Morgan fingerprint density at radius 2 is 1.92 bits per heavy atom. The van der Waals surface area contributed by atoms with Crippen LogP contribution in [0.2, 0.25) is 25.7 Å². The van der Waals surface area contributed by atoms with Gasteiger partial charge < -0.3 is 5.32 Å². The van der Waals surface area contributed by atoms with Crippen molar-refractivity contribution in [2.45, 2.75) is 32.6 Å². The molecule has 0 radical (unpaired) electrons. The van der Waals surface area contributed by atoms with Crippen LogP contribution in [0, 0.1) is 5.41 Å². The van der Waals surface area contributed by atoms with Crippen LogP contribution in [0.25, 0.3) is 0 Å². The van der Waals surface area contributed by atoms with E-state index in [1.54, 1.807) is 0 Å². The Labute approximate surface area is 78.3 Å². The minimum absolute atomic E-state index is 0.291. The van der Waals surface area contributed by atoms with Crippen LogP contribution >= 0.6 is 0 Å². The third-order valence-corrected chi connectivity index (χ3v) is 3.88. The first-order valence-electron chi connectivity index (χ1n) is 4.61. The summed E-state index contributed by atoms with van der Waals surface area (Å²) in [6.07, 6.45) is 2.10. The van der Waals surface area contributed by atoms with Gasteiger partial charge in [0.2, 0.25) is 0 Å². The molecule has 0 fully saturated rings. The molecule has 0 heterocycles. The third kappa shape index (κ3) is 4.73. The van der Waals surface area contributed by atoms with Crippen LogP contribution in [-0.4, -0.2) is 21.7 Å². The monoisotopic (exact) mass is 185 g/mol. The third-order valence-electron chi connectivity index (χ3n) is 2.01. The topological polar surface area (TPSA) is 12.0 Å².